The number of amides is 1. The largest absolute Gasteiger partial charge is 0.382 e. The molecule has 28 heavy (non-hydrogen) atoms. The summed E-state index contributed by atoms with van der Waals surface area (Å²) in [5.74, 6) is 0.0759. The van der Waals surface area contributed by atoms with Crippen LogP contribution >= 0.6 is 0 Å². The van der Waals surface area contributed by atoms with Gasteiger partial charge in [0.2, 0.25) is 5.91 Å². The van der Waals surface area contributed by atoms with E-state index in [1.165, 1.54) is 6.92 Å². The first-order chi connectivity index (χ1) is 13.3. The van der Waals surface area contributed by atoms with Gasteiger partial charge in [0.1, 0.15) is 12.4 Å². The van der Waals surface area contributed by atoms with Gasteiger partial charge in [0.15, 0.2) is 0 Å². The molecule has 0 bridgehead atoms. The zero-order valence-electron chi connectivity index (χ0n) is 16.5. The Morgan fingerprint density at radius 3 is 2.21 bits per heavy atom. The smallest absolute Gasteiger partial charge is 0.308 e. The van der Waals surface area contributed by atoms with Crippen molar-refractivity contribution < 1.29 is 22.1 Å². The fraction of sp³-hybridized carbons (Fsp3) is 0.381. The van der Waals surface area contributed by atoms with Crippen LogP contribution in [0, 0.1) is 0 Å². The number of benzene rings is 2. The summed E-state index contributed by atoms with van der Waals surface area (Å²) in [7, 11) is -3.55. The van der Waals surface area contributed by atoms with Gasteiger partial charge >= 0.3 is 10.1 Å². The molecule has 0 fully saturated rings. The third-order valence-corrected chi connectivity index (χ3v) is 5.29. The Morgan fingerprint density at radius 1 is 1.00 bits per heavy atom. The maximum atomic E-state index is 12.6. The first kappa shape index (κ1) is 21.9. The maximum absolute atomic E-state index is 12.6. The molecule has 0 unspecified atom stereocenters. The number of ether oxygens (including phenoxy) is 1. The molecule has 0 spiro atoms. The summed E-state index contributed by atoms with van der Waals surface area (Å²) < 4.78 is 33.6. The number of hydrogen-bond acceptors (Lipinski definition) is 5. The second kappa shape index (κ2) is 10.2. The Bertz CT molecular complexity index is 848. The van der Waals surface area contributed by atoms with Gasteiger partial charge in [-0.15, -0.1) is 0 Å². The lowest BCUT2D eigenvalue weighted by Crippen LogP contribution is -2.38. The second-order valence-electron chi connectivity index (χ2n) is 6.67. The van der Waals surface area contributed by atoms with E-state index in [9.17, 15) is 13.2 Å². The minimum atomic E-state index is -3.55. The average molecular weight is 406 g/mol. The third-order valence-electron chi connectivity index (χ3n) is 4.13. The highest BCUT2D eigenvalue weighted by molar-refractivity contribution is 7.87. The number of carbonyl (C=O) groups is 1. The molecule has 0 heterocycles. The van der Waals surface area contributed by atoms with Crippen LogP contribution in [-0.4, -0.2) is 37.6 Å². The van der Waals surface area contributed by atoms with Crippen molar-refractivity contribution in [3.63, 3.8) is 0 Å². The number of rotatable bonds is 10. The lowest BCUT2D eigenvalue weighted by atomic mass is 10.2. The van der Waals surface area contributed by atoms with Crippen LogP contribution in [0.15, 0.2) is 54.6 Å². The minimum absolute atomic E-state index is 0.00299. The molecule has 0 N–H and O–H groups in total. The van der Waals surface area contributed by atoms with Crippen molar-refractivity contribution in [3.8, 4) is 5.75 Å². The van der Waals surface area contributed by atoms with E-state index in [1.54, 1.807) is 29.2 Å². The van der Waals surface area contributed by atoms with Crippen molar-refractivity contribution in [2.75, 3.05) is 12.4 Å². The molecule has 0 radical (unpaired) electrons. The molecule has 6 nitrogen and oxygen atoms in total. The molecule has 2 aromatic carbocycles. The Hall–Kier alpha value is -2.38. The van der Waals surface area contributed by atoms with Gasteiger partial charge in [-0.05, 0) is 44.0 Å². The summed E-state index contributed by atoms with van der Waals surface area (Å²) >= 11 is 0. The van der Waals surface area contributed by atoms with E-state index in [0.717, 1.165) is 11.1 Å². The fourth-order valence-corrected chi connectivity index (χ4v) is 3.05. The van der Waals surface area contributed by atoms with Crippen LogP contribution in [0.25, 0.3) is 0 Å². The van der Waals surface area contributed by atoms with E-state index in [0.29, 0.717) is 13.2 Å². The highest BCUT2D eigenvalue weighted by atomic mass is 32.2. The van der Waals surface area contributed by atoms with Crippen molar-refractivity contribution >= 4 is 16.0 Å². The third kappa shape index (κ3) is 6.98. The molecule has 0 saturated heterocycles. The van der Waals surface area contributed by atoms with Crippen LogP contribution in [0.1, 0.15) is 31.9 Å². The molecule has 152 valence electrons. The Kier molecular flexibility index (Phi) is 8.02. The quantitative estimate of drug-likeness (QED) is 0.567. The summed E-state index contributed by atoms with van der Waals surface area (Å²) in [6.45, 7) is 6.21. The summed E-state index contributed by atoms with van der Waals surface area (Å²) in [5, 5.41) is 0. The van der Waals surface area contributed by atoms with Gasteiger partial charge in [-0.1, -0.05) is 42.5 Å². The van der Waals surface area contributed by atoms with Crippen molar-refractivity contribution in [1.82, 2.24) is 4.90 Å². The topological polar surface area (TPSA) is 72.9 Å². The van der Waals surface area contributed by atoms with Crippen LogP contribution < -0.4 is 4.18 Å². The van der Waals surface area contributed by atoms with Crippen molar-refractivity contribution in [1.29, 1.82) is 0 Å². The Morgan fingerprint density at radius 2 is 1.64 bits per heavy atom. The summed E-state index contributed by atoms with van der Waals surface area (Å²) in [6, 6.07) is 16.4. The molecule has 0 aliphatic rings. The lowest BCUT2D eigenvalue weighted by molar-refractivity contribution is -0.139. The van der Waals surface area contributed by atoms with Gasteiger partial charge in [0.25, 0.3) is 0 Å². The van der Waals surface area contributed by atoms with Crippen LogP contribution in [0.5, 0.6) is 5.75 Å². The molecule has 7 heteroatoms. The van der Waals surface area contributed by atoms with E-state index in [2.05, 4.69) is 0 Å². The van der Waals surface area contributed by atoms with Crippen molar-refractivity contribution in [3.05, 3.63) is 65.7 Å². The monoisotopic (exact) mass is 405 g/mol. The predicted octanol–water partition coefficient (Wildman–Crippen LogP) is 3.37. The highest BCUT2D eigenvalue weighted by Crippen LogP contribution is 2.17. The van der Waals surface area contributed by atoms with E-state index >= 15 is 0 Å². The molecule has 2 rings (SSSR count). The van der Waals surface area contributed by atoms with E-state index < -0.39 is 10.1 Å². The molecular weight excluding hydrogens is 378 g/mol. The summed E-state index contributed by atoms with van der Waals surface area (Å²) in [4.78, 5) is 14.3. The second-order valence-corrected chi connectivity index (χ2v) is 8.53. The molecule has 0 atom stereocenters. The molecule has 0 saturated carbocycles. The van der Waals surface area contributed by atoms with Gasteiger partial charge < -0.3 is 13.8 Å². The fourth-order valence-electron chi connectivity index (χ4n) is 2.52. The average Bonchev–Trinajstić information content (AvgIpc) is 2.67. The number of nitrogens with zero attached hydrogens (tertiary/aromatic N) is 1. The molecule has 2 aromatic rings. The lowest BCUT2D eigenvalue weighted by Gasteiger charge is -2.27. The molecule has 1 amide bonds. The molecule has 0 aromatic heterocycles. The standard InChI is InChI=1S/C21H27NO5S/c1-4-28(24,25)27-20-12-10-18(11-13-20)14-22(17(2)3)21(23)16-26-15-19-8-6-5-7-9-19/h5-13,17H,4,14-16H2,1-3H3. The number of hydrogen-bond donors (Lipinski definition) is 0. The summed E-state index contributed by atoms with van der Waals surface area (Å²) in [6.07, 6.45) is 0. The van der Waals surface area contributed by atoms with Gasteiger partial charge in [0.05, 0.1) is 12.4 Å². The molecule has 0 aliphatic carbocycles. The van der Waals surface area contributed by atoms with Crippen LogP contribution in [-0.2, 0) is 32.8 Å². The predicted molar refractivity (Wildman–Crippen MR) is 108 cm³/mol. The SMILES string of the molecule is CCS(=O)(=O)Oc1ccc(CN(C(=O)COCc2ccccc2)C(C)C)cc1. The van der Waals surface area contributed by atoms with Crippen LogP contribution in [0.3, 0.4) is 0 Å². The minimum Gasteiger partial charge on any atom is -0.382 e. The number of carbonyl (C=O) groups excluding carboxylic acids is 1. The van der Waals surface area contributed by atoms with Gasteiger partial charge in [0, 0.05) is 12.6 Å². The Labute approximate surface area is 167 Å². The first-order valence-corrected chi connectivity index (χ1v) is 10.8. The van der Waals surface area contributed by atoms with Gasteiger partial charge in [-0.25, -0.2) is 0 Å². The highest BCUT2D eigenvalue weighted by Gasteiger charge is 2.18. The van der Waals surface area contributed by atoms with Gasteiger partial charge in [-0.3, -0.25) is 4.79 Å². The van der Waals surface area contributed by atoms with E-state index in [-0.39, 0.29) is 30.1 Å². The van der Waals surface area contributed by atoms with Crippen molar-refractivity contribution in [2.24, 2.45) is 0 Å². The van der Waals surface area contributed by atoms with Crippen molar-refractivity contribution in [2.45, 2.75) is 40.0 Å². The molecule has 0 aliphatic heterocycles. The molecular formula is C21H27NO5S. The normalized spacial score (nSPS) is 11.4. The zero-order valence-corrected chi connectivity index (χ0v) is 17.3. The first-order valence-electron chi connectivity index (χ1n) is 9.23. The Balaban J connectivity index is 1.93. The zero-order chi connectivity index (χ0) is 20.6. The van der Waals surface area contributed by atoms with Crippen LogP contribution in [0.4, 0.5) is 0 Å². The van der Waals surface area contributed by atoms with E-state index in [1.807, 2.05) is 44.2 Å². The summed E-state index contributed by atoms with van der Waals surface area (Å²) in [5.41, 5.74) is 1.90. The maximum Gasteiger partial charge on any atom is 0.308 e. The van der Waals surface area contributed by atoms with Crippen LogP contribution in [0.2, 0.25) is 0 Å². The van der Waals surface area contributed by atoms with Gasteiger partial charge in [-0.2, -0.15) is 8.42 Å². The van der Waals surface area contributed by atoms with E-state index in [4.69, 9.17) is 8.92 Å².